The Morgan fingerprint density at radius 3 is 1.43 bits per heavy atom. The molecule has 0 aromatic heterocycles. The molecule has 0 spiro atoms. The molecule has 4 heteroatoms. The van der Waals surface area contributed by atoms with Gasteiger partial charge in [-0.25, -0.2) is 0 Å². The summed E-state index contributed by atoms with van der Waals surface area (Å²) in [5.74, 6) is 0. The molecule has 1 aliphatic carbocycles. The molecule has 2 rings (SSSR count). The third kappa shape index (κ3) is 1.63. The van der Waals surface area contributed by atoms with Crippen molar-refractivity contribution in [1.29, 1.82) is 0 Å². The lowest BCUT2D eigenvalue weighted by Crippen LogP contribution is -2.30. The SMILES string of the molecule is Cl[C@H]1[C@H](Cl)[C@@H](Cl)c2ccccc2[C@H]1Cl. The van der Waals surface area contributed by atoms with E-state index in [1.165, 1.54) is 0 Å². The number of hydrogen-bond donors (Lipinski definition) is 0. The van der Waals surface area contributed by atoms with Crippen molar-refractivity contribution in [3.8, 4) is 0 Å². The Balaban J connectivity index is 2.51. The summed E-state index contributed by atoms with van der Waals surface area (Å²) < 4.78 is 0. The maximum absolute atomic E-state index is 6.18. The summed E-state index contributed by atoms with van der Waals surface area (Å²) in [5.41, 5.74) is 1.98. The van der Waals surface area contributed by atoms with Crippen LogP contribution in [0.25, 0.3) is 0 Å². The fourth-order valence-corrected chi connectivity index (χ4v) is 3.10. The minimum Gasteiger partial charge on any atom is -0.119 e. The molecule has 4 atom stereocenters. The molecule has 1 aromatic rings. The summed E-state index contributed by atoms with van der Waals surface area (Å²) in [6, 6.07) is 7.74. The quantitative estimate of drug-likeness (QED) is 0.610. The van der Waals surface area contributed by atoms with Gasteiger partial charge in [-0.3, -0.25) is 0 Å². The van der Waals surface area contributed by atoms with Gasteiger partial charge in [0.2, 0.25) is 0 Å². The summed E-state index contributed by atoms with van der Waals surface area (Å²) in [4.78, 5) is 0. The average molecular weight is 270 g/mol. The van der Waals surface area contributed by atoms with E-state index in [-0.39, 0.29) is 21.5 Å². The van der Waals surface area contributed by atoms with Gasteiger partial charge in [0.25, 0.3) is 0 Å². The molecule has 0 unspecified atom stereocenters. The van der Waals surface area contributed by atoms with E-state index in [0.29, 0.717) is 0 Å². The van der Waals surface area contributed by atoms with Gasteiger partial charge in [0.15, 0.2) is 0 Å². The standard InChI is InChI=1S/C10H8Cl4/c11-7-5-3-1-2-4-6(5)8(12)10(14)9(7)13/h1-4,7-10H/t7-,8+,9-,10-/m1/s1. The zero-order valence-corrected chi connectivity index (χ0v) is 10.2. The zero-order chi connectivity index (χ0) is 10.3. The Hall–Kier alpha value is 0.380. The molecule has 0 bridgehead atoms. The van der Waals surface area contributed by atoms with Crippen molar-refractivity contribution >= 4 is 46.4 Å². The summed E-state index contributed by atoms with van der Waals surface area (Å²) >= 11 is 24.5. The lowest BCUT2D eigenvalue weighted by atomic mass is 9.90. The molecule has 0 aliphatic heterocycles. The highest BCUT2D eigenvalue weighted by Crippen LogP contribution is 2.47. The molecule has 0 saturated carbocycles. The first-order valence-corrected chi connectivity index (χ1v) is 6.02. The van der Waals surface area contributed by atoms with Gasteiger partial charge < -0.3 is 0 Å². The Bertz CT molecular complexity index is 306. The first kappa shape index (κ1) is 10.9. The Morgan fingerprint density at radius 1 is 0.714 bits per heavy atom. The Morgan fingerprint density at radius 2 is 1.07 bits per heavy atom. The second-order valence-electron chi connectivity index (χ2n) is 3.32. The van der Waals surface area contributed by atoms with E-state index >= 15 is 0 Å². The van der Waals surface area contributed by atoms with Crippen LogP contribution in [0.3, 0.4) is 0 Å². The molecule has 0 N–H and O–H groups in total. The van der Waals surface area contributed by atoms with Crippen LogP contribution >= 0.6 is 46.4 Å². The fraction of sp³-hybridized carbons (Fsp3) is 0.400. The molecule has 0 fully saturated rings. The van der Waals surface area contributed by atoms with Crippen molar-refractivity contribution < 1.29 is 0 Å². The van der Waals surface area contributed by atoms with Crippen LogP contribution < -0.4 is 0 Å². The highest BCUT2D eigenvalue weighted by Gasteiger charge is 2.39. The number of alkyl halides is 4. The first-order valence-electron chi connectivity index (χ1n) is 4.28. The lowest BCUT2D eigenvalue weighted by Gasteiger charge is -2.33. The molecule has 14 heavy (non-hydrogen) atoms. The van der Waals surface area contributed by atoms with E-state index in [0.717, 1.165) is 11.1 Å². The van der Waals surface area contributed by atoms with Crippen molar-refractivity contribution in [3.05, 3.63) is 35.4 Å². The molecule has 0 amide bonds. The predicted octanol–water partition coefficient (Wildman–Crippen LogP) is 4.47. The van der Waals surface area contributed by atoms with Crippen molar-refractivity contribution in [2.24, 2.45) is 0 Å². The Labute approximate surface area is 103 Å². The van der Waals surface area contributed by atoms with Crippen molar-refractivity contribution in [2.45, 2.75) is 21.5 Å². The van der Waals surface area contributed by atoms with Crippen LogP contribution in [-0.2, 0) is 0 Å². The summed E-state index contributed by atoms with van der Waals surface area (Å²) in [5, 5.41) is -1.16. The molecule has 1 aromatic carbocycles. The Kier molecular flexibility index (Phi) is 3.18. The van der Waals surface area contributed by atoms with E-state index in [1.807, 2.05) is 24.3 Å². The molecular weight excluding hydrogens is 262 g/mol. The highest BCUT2D eigenvalue weighted by atomic mass is 35.5. The smallest absolute Gasteiger partial charge is 0.0767 e. The van der Waals surface area contributed by atoms with Gasteiger partial charge in [0.1, 0.15) is 0 Å². The normalized spacial score (nSPS) is 36.6. The van der Waals surface area contributed by atoms with Gasteiger partial charge in [-0.1, -0.05) is 24.3 Å². The monoisotopic (exact) mass is 268 g/mol. The number of benzene rings is 1. The minimum atomic E-state index is -0.323. The van der Waals surface area contributed by atoms with Gasteiger partial charge >= 0.3 is 0 Å². The molecule has 1 aliphatic rings. The van der Waals surface area contributed by atoms with E-state index in [2.05, 4.69) is 0 Å². The van der Waals surface area contributed by atoms with Crippen molar-refractivity contribution in [2.75, 3.05) is 0 Å². The van der Waals surface area contributed by atoms with Crippen LogP contribution in [0.2, 0.25) is 0 Å². The number of hydrogen-bond acceptors (Lipinski definition) is 0. The van der Waals surface area contributed by atoms with Crippen LogP contribution in [-0.4, -0.2) is 10.8 Å². The van der Waals surface area contributed by atoms with Crippen LogP contribution in [0.5, 0.6) is 0 Å². The first-order chi connectivity index (χ1) is 6.63. The maximum atomic E-state index is 6.18. The number of fused-ring (bicyclic) bond motifs is 1. The molecule has 0 radical (unpaired) electrons. The third-order valence-electron chi connectivity index (χ3n) is 2.45. The minimum absolute atomic E-state index is 0.259. The molecule has 0 nitrogen and oxygen atoms in total. The molecule has 0 saturated heterocycles. The molecular formula is C10H8Cl4. The van der Waals surface area contributed by atoms with Gasteiger partial charge in [-0.15, -0.1) is 46.4 Å². The average Bonchev–Trinajstić information content (AvgIpc) is 2.23. The predicted molar refractivity (Wildman–Crippen MR) is 62.9 cm³/mol. The zero-order valence-electron chi connectivity index (χ0n) is 7.13. The largest absolute Gasteiger partial charge is 0.119 e. The highest BCUT2D eigenvalue weighted by molar-refractivity contribution is 6.39. The second-order valence-corrected chi connectivity index (χ2v) is 5.27. The fourth-order valence-electron chi connectivity index (χ4n) is 1.68. The van der Waals surface area contributed by atoms with E-state index in [9.17, 15) is 0 Å². The summed E-state index contributed by atoms with van der Waals surface area (Å²) in [6.45, 7) is 0. The van der Waals surface area contributed by atoms with Gasteiger partial charge in [0.05, 0.1) is 21.5 Å². The van der Waals surface area contributed by atoms with Gasteiger partial charge in [0, 0.05) is 0 Å². The molecule has 0 heterocycles. The van der Waals surface area contributed by atoms with Gasteiger partial charge in [-0.05, 0) is 11.1 Å². The van der Waals surface area contributed by atoms with E-state index < -0.39 is 0 Å². The summed E-state index contributed by atoms with van der Waals surface area (Å²) in [7, 11) is 0. The second kappa shape index (κ2) is 4.09. The lowest BCUT2D eigenvalue weighted by molar-refractivity contribution is 0.668. The van der Waals surface area contributed by atoms with Crippen LogP contribution in [0, 0.1) is 0 Å². The van der Waals surface area contributed by atoms with E-state index in [1.54, 1.807) is 0 Å². The third-order valence-corrected chi connectivity index (χ3v) is 4.90. The topological polar surface area (TPSA) is 0 Å². The van der Waals surface area contributed by atoms with Crippen molar-refractivity contribution in [1.82, 2.24) is 0 Å². The number of halogens is 4. The molecule has 76 valence electrons. The van der Waals surface area contributed by atoms with Crippen LogP contribution in [0.4, 0.5) is 0 Å². The van der Waals surface area contributed by atoms with Crippen LogP contribution in [0.1, 0.15) is 21.9 Å². The number of rotatable bonds is 0. The van der Waals surface area contributed by atoms with E-state index in [4.69, 9.17) is 46.4 Å². The maximum Gasteiger partial charge on any atom is 0.0767 e. The van der Waals surface area contributed by atoms with Crippen molar-refractivity contribution in [3.63, 3.8) is 0 Å². The summed E-state index contributed by atoms with van der Waals surface area (Å²) in [6.07, 6.45) is 0. The van der Waals surface area contributed by atoms with Gasteiger partial charge in [-0.2, -0.15) is 0 Å². The van der Waals surface area contributed by atoms with Crippen LogP contribution in [0.15, 0.2) is 24.3 Å².